The lowest BCUT2D eigenvalue weighted by Gasteiger charge is -2.16. The minimum absolute atomic E-state index is 0.0814. The first-order valence-electron chi connectivity index (χ1n) is 9.61. The second kappa shape index (κ2) is 7.61. The molecule has 0 atom stereocenters. The number of imidazole rings is 1. The highest BCUT2D eigenvalue weighted by Gasteiger charge is 2.16. The van der Waals surface area contributed by atoms with Crippen LogP contribution in [0.25, 0.3) is 27.3 Å². The minimum Gasteiger partial charge on any atom is -0.508 e. The van der Waals surface area contributed by atoms with Gasteiger partial charge < -0.3 is 21.1 Å². The Hall–Kier alpha value is -2.90. The van der Waals surface area contributed by atoms with Crippen LogP contribution in [0.15, 0.2) is 41.5 Å². The number of aromatic hydroxyl groups is 1. The van der Waals surface area contributed by atoms with Gasteiger partial charge in [0.1, 0.15) is 12.1 Å². The molecule has 0 aliphatic carbocycles. The number of aromatic nitrogens is 2. The predicted octanol–water partition coefficient (Wildman–Crippen LogP) is 2.23. The van der Waals surface area contributed by atoms with Crippen molar-refractivity contribution >= 4 is 33.0 Å². The highest BCUT2D eigenvalue weighted by atomic mass is 16.3. The van der Waals surface area contributed by atoms with E-state index in [2.05, 4.69) is 22.2 Å². The van der Waals surface area contributed by atoms with Gasteiger partial charge in [-0.15, -0.1) is 0 Å². The van der Waals surface area contributed by atoms with Crippen LogP contribution in [-0.2, 0) is 0 Å². The number of rotatable bonds is 8. The van der Waals surface area contributed by atoms with Gasteiger partial charge in [0.15, 0.2) is 5.43 Å². The van der Waals surface area contributed by atoms with E-state index >= 15 is 0 Å². The van der Waals surface area contributed by atoms with E-state index in [0.29, 0.717) is 17.3 Å². The number of phenols is 1. The van der Waals surface area contributed by atoms with E-state index in [-0.39, 0.29) is 11.2 Å². The number of fused-ring (bicyclic) bond motifs is 2. The molecular weight excluding hydrogens is 354 g/mol. The van der Waals surface area contributed by atoms with Crippen LogP contribution in [0.2, 0.25) is 0 Å². The van der Waals surface area contributed by atoms with Crippen LogP contribution in [0, 0.1) is 0 Å². The summed E-state index contributed by atoms with van der Waals surface area (Å²) in [7, 11) is 2.09. The van der Waals surface area contributed by atoms with E-state index in [1.165, 1.54) is 6.07 Å². The number of nitrogens with two attached hydrogens (primary N) is 1. The molecule has 0 fully saturated rings. The number of phenolic OH excluding ortho intramolecular Hbond substituents is 1. The van der Waals surface area contributed by atoms with Gasteiger partial charge in [0, 0.05) is 12.2 Å². The Kier molecular flexibility index (Phi) is 5.02. The van der Waals surface area contributed by atoms with Gasteiger partial charge >= 0.3 is 0 Å². The second-order valence-electron chi connectivity index (χ2n) is 7.23. The third kappa shape index (κ3) is 3.23. The zero-order chi connectivity index (χ0) is 19.7. The average molecular weight is 379 g/mol. The highest BCUT2D eigenvalue weighted by Crippen LogP contribution is 2.29. The third-order valence-corrected chi connectivity index (χ3v) is 5.20. The molecule has 7 heteroatoms. The van der Waals surface area contributed by atoms with Crippen molar-refractivity contribution in [2.75, 3.05) is 38.5 Å². The Bertz CT molecular complexity index is 1170. The molecule has 7 nitrogen and oxygen atoms in total. The Morgan fingerprint density at radius 3 is 2.86 bits per heavy atom. The summed E-state index contributed by atoms with van der Waals surface area (Å²) in [6.07, 6.45) is 3.69. The molecule has 0 amide bonds. The van der Waals surface area contributed by atoms with Crippen LogP contribution in [0.3, 0.4) is 0 Å². The fourth-order valence-electron chi connectivity index (χ4n) is 3.76. The van der Waals surface area contributed by atoms with E-state index < -0.39 is 0 Å². The maximum Gasteiger partial charge on any atom is 0.199 e. The Morgan fingerprint density at radius 1 is 1.21 bits per heavy atom. The topological polar surface area (TPSA) is 95.9 Å². The lowest BCUT2D eigenvalue weighted by molar-refractivity contribution is 0.330. The van der Waals surface area contributed by atoms with Crippen molar-refractivity contribution in [2.45, 2.75) is 12.8 Å². The molecule has 2 heterocycles. The first-order chi connectivity index (χ1) is 13.6. The highest BCUT2D eigenvalue weighted by molar-refractivity contribution is 6.07. The van der Waals surface area contributed by atoms with Crippen LogP contribution in [0.4, 0.5) is 5.69 Å². The first-order valence-corrected chi connectivity index (χ1v) is 9.61. The van der Waals surface area contributed by atoms with Gasteiger partial charge in [0.2, 0.25) is 0 Å². The van der Waals surface area contributed by atoms with Crippen LogP contribution in [0.5, 0.6) is 5.75 Å². The van der Waals surface area contributed by atoms with E-state index in [4.69, 9.17) is 5.73 Å². The normalized spacial score (nSPS) is 12.0. The second-order valence-corrected chi connectivity index (χ2v) is 7.23. The summed E-state index contributed by atoms with van der Waals surface area (Å²) in [5.74, 6) is 0.0814. The molecule has 0 aliphatic rings. The summed E-state index contributed by atoms with van der Waals surface area (Å²) in [6, 6.07) is 8.72. The van der Waals surface area contributed by atoms with Crippen molar-refractivity contribution in [1.29, 1.82) is 0 Å². The largest absolute Gasteiger partial charge is 0.508 e. The molecule has 0 bridgehead atoms. The van der Waals surface area contributed by atoms with Crippen molar-refractivity contribution in [1.82, 2.24) is 14.3 Å². The minimum atomic E-state index is -0.0907. The molecule has 2 aromatic carbocycles. The Morgan fingerprint density at radius 2 is 2.04 bits per heavy atom. The molecule has 2 aromatic heterocycles. The summed E-state index contributed by atoms with van der Waals surface area (Å²) >= 11 is 0. The van der Waals surface area contributed by atoms with E-state index in [0.717, 1.165) is 54.7 Å². The van der Waals surface area contributed by atoms with Crippen molar-refractivity contribution < 1.29 is 5.11 Å². The van der Waals surface area contributed by atoms with Crippen molar-refractivity contribution in [3.8, 4) is 5.75 Å². The van der Waals surface area contributed by atoms with Crippen LogP contribution >= 0.6 is 0 Å². The molecule has 0 unspecified atom stereocenters. The zero-order valence-corrected chi connectivity index (χ0v) is 16.0. The molecule has 4 rings (SSSR count). The number of benzene rings is 2. The fourth-order valence-corrected chi connectivity index (χ4v) is 3.76. The third-order valence-electron chi connectivity index (χ3n) is 5.20. The number of nitrogens with one attached hydrogen (secondary N) is 1. The summed E-state index contributed by atoms with van der Waals surface area (Å²) in [5, 5.41) is 14.4. The summed E-state index contributed by atoms with van der Waals surface area (Å²) < 4.78 is 1.92. The molecule has 0 saturated heterocycles. The molecule has 4 N–H and O–H groups in total. The number of hydrogen-bond acceptors (Lipinski definition) is 6. The molecule has 0 spiro atoms. The van der Waals surface area contributed by atoms with Crippen LogP contribution in [0.1, 0.15) is 12.8 Å². The zero-order valence-electron chi connectivity index (χ0n) is 16.0. The molecule has 0 aliphatic heterocycles. The molecule has 0 radical (unpaired) electrons. The maximum absolute atomic E-state index is 13.2. The summed E-state index contributed by atoms with van der Waals surface area (Å²) in [4.78, 5) is 19.9. The summed E-state index contributed by atoms with van der Waals surface area (Å²) in [6.45, 7) is 3.43. The van der Waals surface area contributed by atoms with Gasteiger partial charge in [0.25, 0.3) is 0 Å². The van der Waals surface area contributed by atoms with Crippen LogP contribution in [-0.4, -0.2) is 52.6 Å². The van der Waals surface area contributed by atoms with Gasteiger partial charge in [0.05, 0.1) is 27.3 Å². The van der Waals surface area contributed by atoms with Crippen molar-refractivity contribution in [2.24, 2.45) is 5.73 Å². The fraction of sp³-hybridized carbons (Fsp3) is 0.333. The smallest absolute Gasteiger partial charge is 0.199 e. The summed E-state index contributed by atoms with van der Waals surface area (Å²) in [5.41, 5.74) is 8.62. The van der Waals surface area contributed by atoms with Crippen molar-refractivity contribution in [3.05, 3.63) is 46.9 Å². The quantitative estimate of drug-likeness (QED) is 0.321. The van der Waals surface area contributed by atoms with Crippen molar-refractivity contribution in [3.63, 3.8) is 0 Å². The van der Waals surface area contributed by atoms with Gasteiger partial charge in [-0.3, -0.25) is 9.20 Å². The van der Waals surface area contributed by atoms with E-state index in [1.54, 1.807) is 18.5 Å². The molecule has 0 saturated carbocycles. The Balaban J connectivity index is 1.66. The molecule has 146 valence electrons. The monoisotopic (exact) mass is 379 g/mol. The standard InChI is InChI=1S/C21H25N5O2/c1-25(10-2-8-22)11-3-9-23-16-5-6-17-20-19(16)21(28)15-12-14(27)4-7-18(15)26(20)13-24-17/h4-7,12-13,23,27H,2-3,8-11,22H2,1H3. The number of pyridine rings is 1. The Labute approximate surface area is 162 Å². The number of hydrogen-bond donors (Lipinski definition) is 3. The maximum atomic E-state index is 13.2. The predicted molar refractivity (Wildman–Crippen MR) is 114 cm³/mol. The van der Waals surface area contributed by atoms with Gasteiger partial charge in [-0.2, -0.15) is 0 Å². The molecule has 28 heavy (non-hydrogen) atoms. The molecule has 4 aromatic rings. The lowest BCUT2D eigenvalue weighted by Crippen LogP contribution is -2.24. The van der Waals surface area contributed by atoms with Gasteiger partial charge in [-0.05, 0) is 69.9 Å². The molecular formula is C21H25N5O2. The van der Waals surface area contributed by atoms with E-state index in [1.807, 2.05) is 16.5 Å². The SMILES string of the molecule is CN(CCCN)CCCNc1ccc2ncn3c4ccc(O)cc4c(=O)c1c23. The lowest BCUT2D eigenvalue weighted by atomic mass is 10.1. The van der Waals surface area contributed by atoms with Gasteiger partial charge in [-0.1, -0.05) is 0 Å². The first kappa shape index (κ1) is 18.5. The van der Waals surface area contributed by atoms with Gasteiger partial charge in [-0.25, -0.2) is 4.98 Å². The number of nitrogens with zero attached hydrogens (tertiary/aromatic N) is 3. The van der Waals surface area contributed by atoms with E-state index in [9.17, 15) is 9.90 Å². The number of anilines is 1. The average Bonchev–Trinajstić information content (AvgIpc) is 3.12. The van der Waals surface area contributed by atoms with Crippen LogP contribution < -0.4 is 16.5 Å².